The van der Waals surface area contributed by atoms with Gasteiger partial charge in [0.15, 0.2) is 5.58 Å². The monoisotopic (exact) mass is 680 g/mol. The molecule has 0 atom stereocenters. The maximum absolute atomic E-state index is 9.56. The summed E-state index contributed by atoms with van der Waals surface area (Å²) >= 11 is 0.759. The van der Waals surface area contributed by atoms with Crippen LogP contribution < -0.4 is 0 Å². The van der Waals surface area contributed by atoms with Gasteiger partial charge in [0.1, 0.15) is 23.1 Å². The standard InChI is InChI=1S/C46H28N2OS/c1-2-9-29(10-3-1)30-19-21-31(22-20-30)32-11-6-12-33(25-32)34-23-24-41-40(27-34)44-45(49-41)43(47-28-48-44)36-14-7-13-35(26-36)37-16-8-17-39-38-15-4-5-18-42(38)50-46(37)39/h1-28H/i1D,2D,3D,4D,5D,6D,7D,8D,9D,10D,11D,12D,13D,14D,15D,16D,17D,18D,19D,20D,21D,22D,25D,26D. The Morgan fingerprint density at radius 3 is 2.00 bits per heavy atom. The molecule has 0 fully saturated rings. The van der Waals surface area contributed by atoms with Gasteiger partial charge in [0, 0.05) is 31.1 Å². The Kier molecular flexibility index (Phi) is 3.15. The fourth-order valence-corrected chi connectivity index (χ4v) is 6.62. The van der Waals surface area contributed by atoms with E-state index in [1.165, 1.54) is 18.2 Å². The maximum Gasteiger partial charge on any atom is 0.180 e. The van der Waals surface area contributed by atoms with E-state index in [4.69, 9.17) is 34.6 Å². The second kappa shape index (κ2) is 11.7. The van der Waals surface area contributed by atoms with Crippen molar-refractivity contribution in [2.24, 2.45) is 0 Å². The van der Waals surface area contributed by atoms with Crippen molar-refractivity contribution in [1.29, 1.82) is 0 Å². The highest BCUT2D eigenvalue weighted by molar-refractivity contribution is 7.26. The summed E-state index contributed by atoms with van der Waals surface area (Å²) in [6.07, 6.45) is 1.05. The average molecular weight is 681 g/mol. The molecule has 0 aliphatic heterocycles. The average Bonchev–Trinajstić information content (AvgIpc) is 3.96. The lowest BCUT2D eigenvalue weighted by Gasteiger charge is -2.08. The topological polar surface area (TPSA) is 38.9 Å². The number of benzene rings is 7. The molecule has 3 heterocycles. The number of aromatic nitrogens is 2. The van der Waals surface area contributed by atoms with Gasteiger partial charge in [-0.1, -0.05) is 133 Å². The minimum Gasteiger partial charge on any atom is -0.452 e. The summed E-state index contributed by atoms with van der Waals surface area (Å²) in [6, 6.07) is -12.9. The molecule has 234 valence electrons. The number of nitrogens with zero attached hydrogens (tertiary/aromatic N) is 2. The molecule has 0 bridgehead atoms. The first kappa shape index (κ1) is 13.5. The normalized spacial score (nSPS) is 18.3. The SMILES string of the molecule is [2H]c1c([2H])c([2H])c(-c2c([2H])c([2H])c(-c3c([2H])c([2H])c([2H])c(-c4ccc5oc6c(-c7c([2H])c([2H])c([2H])c(-c8c([2H])c([2H])c([2H])c9c8sc8c([2H])c([2H])c([2H])c([2H])c89)c7[2H])ncnc6c5c4)c3[2H])c([2H])c2[2H])c([2H])c1[2H]. The number of hydrogen-bond donors (Lipinski definition) is 0. The van der Waals surface area contributed by atoms with Crippen LogP contribution in [0.2, 0.25) is 0 Å². The molecule has 0 amide bonds. The molecule has 0 unspecified atom stereocenters. The van der Waals surface area contributed by atoms with Crippen LogP contribution in [0, 0.1) is 0 Å². The van der Waals surface area contributed by atoms with E-state index in [1.54, 1.807) is 0 Å². The molecule has 7 aromatic carbocycles. The van der Waals surface area contributed by atoms with Crippen LogP contribution in [-0.4, -0.2) is 9.97 Å². The van der Waals surface area contributed by atoms with Gasteiger partial charge < -0.3 is 4.42 Å². The van der Waals surface area contributed by atoms with Gasteiger partial charge in [-0.3, -0.25) is 0 Å². The van der Waals surface area contributed by atoms with Crippen molar-refractivity contribution in [2.45, 2.75) is 0 Å². The molecule has 50 heavy (non-hydrogen) atoms. The maximum atomic E-state index is 9.56. The number of furan rings is 1. The Labute approximate surface area is 326 Å². The van der Waals surface area contributed by atoms with Crippen LogP contribution >= 0.6 is 11.3 Å². The molecule has 0 saturated carbocycles. The van der Waals surface area contributed by atoms with E-state index < -0.39 is 173 Å². The van der Waals surface area contributed by atoms with Gasteiger partial charge in [0.25, 0.3) is 0 Å². The zero-order valence-electron chi connectivity index (χ0n) is 49.0. The zero-order valence-corrected chi connectivity index (χ0v) is 25.8. The lowest BCUT2D eigenvalue weighted by Crippen LogP contribution is -1.88. The fourth-order valence-electron chi connectivity index (χ4n) is 5.55. The first-order valence-corrected chi connectivity index (χ1v) is 15.6. The summed E-state index contributed by atoms with van der Waals surface area (Å²) in [5.74, 6) is 0. The zero-order chi connectivity index (χ0) is 53.9. The van der Waals surface area contributed by atoms with E-state index in [2.05, 4.69) is 9.97 Å². The summed E-state index contributed by atoms with van der Waals surface area (Å²) in [6.45, 7) is 0. The third-order valence-corrected chi connectivity index (χ3v) is 8.96. The number of rotatable bonds is 5. The van der Waals surface area contributed by atoms with Crippen molar-refractivity contribution >= 4 is 53.6 Å². The summed E-state index contributed by atoms with van der Waals surface area (Å²) in [7, 11) is 0. The first-order valence-electron chi connectivity index (χ1n) is 26.8. The van der Waals surface area contributed by atoms with Crippen LogP contribution in [0.3, 0.4) is 0 Å². The van der Waals surface area contributed by atoms with Crippen LogP contribution in [0.25, 0.3) is 98.0 Å². The van der Waals surface area contributed by atoms with Crippen LogP contribution in [0.4, 0.5) is 0 Å². The number of fused-ring (bicyclic) bond motifs is 6. The Balaban J connectivity index is 1.17. The molecule has 4 heteroatoms. The van der Waals surface area contributed by atoms with E-state index >= 15 is 0 Å². The van der Waals surface area contributed by atoms with E-state index in [9.17, 15) is 2.74 Å². The van der Waals surface area contributed by atoms with Gasteiger partial charge in [-0.05, 0) is 74.8 Å². The molecule has 10 aromatic rings. The molecule has 0 aliphatic rings. The largest absolute Gasteiger partial charge is 0.452 e. The molecule has 0 spiro atoms. The summed E-state index contributed by atoms with van der Waals surface area (Å²) in [5.41, 5.74) is -4.18. The quantitative estimate of drug-likeness (QED) is 0.182. The second-order valence-electron chi connectivity index (χ2n) is 10.7. The highest BCUT2D eigenvalue weighted by Crippen LogP contribution is 2.41. The molecular formula is C46H28N2OS. The highest BCUT2D eigenvalue weighted by atomic mass is 32.1. The predicted octanol–water partition coefficient (Wildman–Crippen LogP) is 13.1. The van der Waals surface area contributed by atoms with Crippen molar-refractivity contribution in [3.8, 4) is 55.8 Å². The Hall–Kier alpha value is -6.36. The van der Waals surface area contributed by atoms with E-state index in [-0.39, 0.29) is 70.2 Å². The van der Waals surface area contributed by atoms with Crippen LogP contribution in [0.5, 0.6) is 0 Å². The molecule has 3 aromatic heterocycles. The van der Waals surface area contributed by atoms with Gasteiger partial charge in [-0.15, -0.1) is 11.3 Å². The van der Waals surface area contributed by atoms with Crippen molar-refractivity contribution in [1.82, 2.24) is 9.97 Å². The summed E-state index contributed by atoms with van der Waals surface area (Å²) in [4.78, 5) is 8.72. The number of thiophene rings is 1. The molecule has 10 rings (SSSR count). The number of hydrogen-bond acceptors (Lipinski definition) is 4. The molecule has 0 N–H and O–H groups in total. The molecule has 0 aliphatic carbocycles. The summed E-state index contributed by atoms with van der Waals surface area (Å²) in [5, 5.41) is -0.0665. The lowest BCUT2D eigenvalue weighted by atomic mass is 9.96. The Morgan fingerprint density at radius 2 is 1.14 bits per heavy atom. The van der Waals surface area contributed by atoms with Crippen molar-refractivity contribution in [3.05, 3.63) is 170 Å². The second-order valence-corrected chi connectivity index (χ2v) is 11.7. The predicted molar refractivity (Wildman–Crippen MR) is 209 cm³/mol. The van der Waals surface area contributed by atoms with Crippen molar-refractivity contribution in [3.63, 3.8) is 0 Å². The lowest BCUT2D eigenvalue weighted by molar-refractivity contribution is 0.667. The third kappa shape index (κ3) is 4.80. The van der Waals surface area contributed by atoms with Crippen molar-refractivity contribution in [2.75, 3.05) is 0 Å². The molecule has 3 nitrogen and oxygen atoms in total. The first-order chi connectivity index (χ1) is 34.8. The van der Waals surface area contributed by atoms with Gasteiger partial charge in [-0.25, -0.2) is 9.97 Å². The van der Waals surface area contributed by atoms with E-state index in [0.717, 1.165) is 17.7 Å². The van der Waals surface area contributed by atoms with Crippen LogP contribution in [0.15, 0.2) is 174 Å². The fraction of sp³-hybridized carbons (Fsp3) is 0. The van der Waals surface area contributed by atoms with Crippen LogP contribution in [-0.2, 0) is 0 Å². The molecular weight excluding hydrogens is 629 g/mol. The van der Waals surface area contributed by atoms with Crippen LogP contribution in [0.1, 0.15) is 32.9 Å². The minimum absolute atomic E-state index is 0.0114. The Bertz CT molecular complexity index is 4210. The third-order valence-electron chi connectivity index (χ3n) is 7.84. The summed E-state index contributed by atoms with van der Waals surface area (Å²) < 4.78 is 216. The van der Waals surface area contributed by atoms with E-state index in [1.807, 2.05) is 0 Å². The molecule has 0 saturated heterocycles. The van der Waals surface area contributed by atoms with Gasteiger partial charge in [0.2, 0.25) is 0 Å². The van der Waals surface area contributed by atoms with Gasteiger partial charge in [0.05, 0.1) is 32.9 Å². The Morgan fingerprint density at radius 1 is 0.500 bits per heavy atom. The van der Waals surface area contributed by atoms with Crippen molar-refractivity contribution < 1.29 is 37.3 Å². The van der Waals surface area contributed by atoms with Gasteiger partial charge in [-0.2, -0.15) is 0 Å². The minimum atomic E-state index is -0.867. The smallest absolute Gasteiger partial charge is 0.180 e. The van der Waals surface area contributed by atoms with Gasteiger partial charge >= 0.3 is 0 Å². The highest BCUT2D eigenvalue weighted by Gasteiger charge is 2.17. The van der Waals surface area contributed by atoms with E-state index in [0.29, 0.717) is 0 Å². The molecule has 0 radical (unpaired) electrons.